The summed E-state index contributed by atoms with van der Waals surface area (Å²) in [6.45, 7) is 3.28. The van der Waals surface area contributed by atoms with E-state index in [1.54, 1.807) is 18.2 Å². The summed E-state index contributed by atoms with van der Waals surface area (Å²) in [7, 11) is 0. The topological polar surface area (TPSA) is 121 Å². The SMILES string of the molecule is C[C@]12CNc3nnc(-c4cccc(F)c4O)cc3N1C[C@H](Oc1cc(I)c(C(=O)O)cn1)C2. The molecule has 0 aliphatic carbocycles. The number of aromatic nitrogens is 3. The number of nitrogens with one attached hydrogen (secondary N) is 1. The quantitative estimate of drug-likeness (QED) is 0.410. The molecular weight excluding hydrogens is 544 g/mol. The lowest BCUT2D eigenvalue weighted by Gasteiger charge is -2.41. The van der Waals surface area contributed by atoms with Crippen molar-refractivity contribution in [1.82, 2.24) is 15.2 Å². The molecule has 2 aromatic heterocycles. The van der Waals surface area contributed by atoms with E-state index in [1.807, 2.05) is 22.6 Å². The first kappa shape index (κ1) is 21.6. The summed E-state index contributed by atoms with van der Waals surface area (Å²) < 4.78 is 20.5. The molecule has 4 heterocycles. The summed E-state index contributed by atoms with van der Waals surface area (Å²) in [5, 5.41) is 31.1. The second-order valence-electron chi connectivity index (χ2n) is 8.31. The lowest BCUT2D eigenvalue weighted by Crippen LogP contribution is -2.50. The number of halogens is 2. The molecule has 3 aromatic rings. The fourth-order valence-corrected chi connectivity index (χ4v) is 5.01. The van der Waals surface area contributed by atoms with E-state index in [-0.39, 0.29) is 22.8 Å². The van der Waals surface area contributed by atoms with Gasteiger partial charge in [0.25, 0.3) is 0 Å². The summed E-state index contributed by atoms with van der Waals surface area (Å²) in [4.78, 5) is 17.6. The Kier molecular flexibility index (Phi) is 5.22. The van der Waals surface area contributed by atoms with Gasteiger partial charge in [-0.1, -0.05) is 6.07 Å². The van der Waals surface area contributed by atoms with Crippen LogP contribution < -0.4 is 15.0 Å². The Bertz CT molecular complexity index is 1280. The molecule has 0 unspecified atom stereocenters. The van der Waals surface area contributed by atoms with Gasteiger partial charge >= 0.3 is 5.97 Å². The second kappa shape index (κ2) is 7.97. The van der Waals surface area contributed by atoms with Crippen molar-refractivity contribution in [2.75, 3.05) is 23.3 Å². The molecule has 2 aliphatic heterocycles. The van der Waals surface area contributed by atoms with Gasteiger partial charge in [-0.3, -0.25) is 0 Å². The van der Waals surface area contributed by atoms with Crippen LogP contribution in [0.4, 0.5) is 15.9 Å². The summed E-state index contributed by atoms with van der Waals surface area (Å²) in [6, 6.07) is 7.69. The van der Waals surface area contributed by atoms with Gasteiger partial charge in [-0.2, -0.15) is 0 Å². The van der Waals surface area contributed by atoms with Gasteiger partial charge in [0.1, 0.15) is 6.10 Å². The number of hydrogen-bond acceptors (Lipinski definition) is 8. The van der Waals surface area contributed by atoms with Gasteiger partial charge in [-0.25, -0.2) is 14.2 Å². The highest BCUT2D eigenvalue weighted by atomic mass is 127. The lowest BCUT2D eigenvalue weighted by molar-refractivity contribution is 0.0695. The lowest BCUT2D eigenvalue weighted by atomic mass is 9.95. The van der Waals surface area contributed by atoms with E-state index in [9.17, 15) is 19.4 Å². The zero-order valence-corrected chi connectivity index (χ0v) is 19.6. The van der Waals surface area contributed by atoms with Gasteiger partial charge in [-0.15, -0.1) is 10.2 Å². The number of carbonyl (C=O) groups is 1. The molecule has 1 fully saturated rings. The Morgan fingerprint density at radius 2 is 2.18 bits per heavy atom. The molecule has 0 saturated carbocycles. The van der Waals surface area contributed by atoms with Gasteiger partial charge in [0.2, 0.25) is 5.88 Å². The number of phenols is 1. The number of rotatable bonds is 4. The molecule has 1 aromatic carbocycles. The smallest absolute Gasteiger partial charge is 0.338 e. The molecule has 0 spiro atoms. The third kappa shape index (κ3) is 3.79. The van der Waals surface area contributed by atoms with E-state index < -0.39 is 17.5 Å². The van der Waals surface area contributed by atoms with Crippen LogP contribution in [-0.2, 0) is 0 Å². The molecule has 0 bridgehead atoms. The predicted octanol–water partition coefficient (Wildman–Crippen LogP) is 3.53. The molecule has 0 amide bonds. The predicted molar refractivity (Wildman–Crippen MR) is 126 cm³/mol. The van der Waals surface area contributed by atoms with Gasteiger partial charge in [0, 0.05) is 34.4 Å². The highest BCUT2D eigenvalue weighted by molar-refractivity contribution is 14.1. The molecule has 2 atom stereocenters. The van der Waals surface area contributed by atoms with E-state index in [0.717, 1.165) is 5.69 Å². The van der Waals surface area contributed by atoms with Crippen LogP contribution in [0, 0.1) is 9.39 Å². The minimum Gasteiger partial charge on any atom is -0.504 e. The van der Waals surface area contributed by atoms with Crippen molar-refractivity contribution in [2.24, 2.45) is 0 Å². The molecule has 1 saturated heterocycles. The number of hydrogen-bond donors (Lipinski definition) is 3. The summed E-state index contributed by atoms with van der Waals surface area (Å²) in [5.74, 6) is -1.25. The molecule has 3 N–H and O–H groups in total. The first-order valence-corrected chi connectivity index (χ1v) is 11.3. The minimum atomic E-state index is -1.03. The highest BCUT2D eigenvalue weighted by Gasteiger charge is 2.47. The summed E-state index contributed by atoms with van der Waals surface area (Å²) in [5.41, 5.74) is 1.26. The van der Waals surface area contributed by atoms with Crippen LogP contribution >= 0.6 is 22.6 Å². The Morgan fingerprint density at radius 1 is 1.36 bits per heavy atom. The number of fused-ring (bicyclic) bond motifs is 3. The minimum absolute atomic E-state index is 0.128. The average Bonchev–Trinajstić information content (AvgIpc) is 3.11. The standard InChI is InChI=1S/C22H19FIN5O4/c1-22-7-11(33-18-5-15(24)13(8-25-18)21(31)32)9-29(22)17-6-16(27-28-20(17)26-10-22)12-3-2-4-14(23)19(12)30/h2-6,8,11,30H,7,9-10H2,1H3,(H,26,28)(H,31,32)/t11-,22+/m1/s1. The average molecular weight is 563 g/mol. The maximum absolute atomic E-state index is 13.9. The number of carboxylic acids is 1. The number of aromatic carboxylic acids is 1. The first-order chi connectivity index (χ1) is 15.7. The molecule has 2 aliphatic rings. The fraction of sp³-hybridized carbons (Fsp3) is 0.273. The molecular formula is C22H19FIN5O4. The largest absolute Gasteiger partial charge is 0.504 e. The molecule has 5 rings (SSSR count). The Labute approximate surface area is 201 Å². The normalized spacial score (nSPS) is 21.2. The van der Waals surface area contributed by atoms with Crippen molar-refractivity contribution in [3.8, 4) is 22.9 Å². The maximum atomic E-state index is 13.9. The van der Waals surface area contributed by atoms with Crippen LogP contribution in [-0.4, -0.2) is 56.1 Å². The Hall–Kier alpha value is -3.22. The maximum Gasteiger partial charge on any atom is 0.338 e. The van der Waals surface area contributed by atoms with Crippen molar-refractivity contribution in [2.45, 2.75) is 25.0 Å². The van der Waals surface area contributed by atoms with Crippen molar-refractivity contribution in [3.63, 3.8) is 0 Å². The van der Waals surface area contributed by atoms with Crippen LogP contribution in [0.1, 0.15) is 23.7 Å². The molecule has 9 nitrogen and oxygen atoms in total. The zero-order chi connectivity index (χ0) is 23.3. The van der Waals surface area contributed by atoms with Crippen LogP contribution in [0.5, 0.6) is 11.6 Å². The van der Waals surface area contributed by atoms with E-state index in [2.05, 4.69) is 32.3 Å². The summed E-state index contributed by atoms with van der Waals surface area (Å²) in [6.07, 6.45) is 1.80. The van der Waals surface area contributed by atoms with E-state index >= 15 is 0 Å². The highest BCUT2D eigenvalue weighted by Crippen LogP contribution is 2.43. The van der Waals surface area contributed by atoms with Gasteiger partial charge < -0.3 is 25.2 Å². The Balaban J connectivity index is 1.43. The van der Waals surface area contributed by atoms with Crippen molar-refractivity contribution in [1.29, 1.82) is 0 Å². The monoisotopic (exact) mass is 563 g/mol. The van der Waals surface area contributed by atoms with Gasteiger partial charge in [0.05, 0.1) is 29.0 Å². The van der Waals surface area contributed by atoms with E-state index in [1.165, 1.54) is 18.3 Å². The number of phenolic OH excluding ortho intramolecular Hbond substituents is 1. The zero-order valence-electron chi connectivity index (χ0n) is 17.4. The Morgan fingerprint density at radius 3 is 2.94 bits per heavy atom. The number of carboxylic acid groups (broad SMARTS) is 1. The third-order valence-corrected chi connectivity index (χ3v) is 6.91. The number of ether oxygens (including phenoxy) is 1. The number of aromatic hydroxyl groups is 1. The molecule has 170 valence electrons. The number of para-hydroxylation sites is 1. The molecule has 0 radical (unpaired) electrons. The second-order valence-corrected chi connectivity index (χ2v) is 9.47. The third-order valence-electron chi connectivity index (χ3n) is 6.02. The molecule has 11 heteroatoms. The van der Waals surface area contributed by atoms with Gasteiger partial charge in [0.15, 0.2) is 17.4 Å². The van der Waals surface area contributed by atoms with E-state index in [0.29, 0.717) is 40.5 Å². The first-order valence-electron chi connectivity index (χ1n) is 10.2. The number of anilines is 2. The van der Waals surface area contributed by atoms with Crippen molar-refractivity contribution in [3.05, 3.63) is 51.5 Å². The van der Waals surface area contributed by atoms with Crippen LogP contribution in [0.25, 0.3) is 11.3 Å². The fourth-order valence-electron chi connectivity index (χ4n) is 4.37. The molecule has 33 heavy (non-hydrogen) atoms. The van der Waals surface area contributed by atoms with Gasteiger partial charge in [-0.05, 0) is 47.7 Å². The number of benzene rings is 1. The van der Waals surface area contributed by atoms with Crippen molar-refractivity contribution >= 4 is 40.1 Å². The van der Waals surface area contributed by atoms with Crippen LogP contribution in [0.3, 0.4) is 0 Å². The van der Waals surface area contributed by atoms with Crippen molar-refractivity contribution < 1.29 is 24.1 Å². The van der Waals surface area contributed by atoms with E-state index in [4.69, 9.17) is 4.74 Å². The van der Waals surface area contributed by atoms with Crippen LogP contribution in [0.15, 0.2) is 36.5 Å². The number of nitrogens with zero attached hydrogens (tertiary/aromatic N) is 4. The summed E-state index contributed by atoms with van der Waals surface area (Å²) >= 11 is 1.95. The van der Waals surface area contributed by atoms with Crippen LogP contribution in [0.2, 0.25) is 0 Å². The number of pyridine rings is 1.